The summed E-state index contributed by atoms with van der Waals surface area (Å²) in [6.07, 6.45) is 1.17. The SMILES string of the molecule is Cc1c(C(=O)O)c(C)n(C(CC(N)=O)N(C)C)c1C=C1C(=O)Nc2ccc(-c3ccccc3)cc21. The Hall–Kier alpha value is -4.17. The molecule has 1 aliphatic rings. The van der Waals surface area contributed by atoms with Gasteiger partial charge in [0.05, 0.1) is 23.7 Å². The molecule has 3 aromatic rings. The van der Waals surface area contributed by atoms with Crippen molar-refractivity contribution in [3.05, 3.63) is 76.6 Å². The first-order valence-electron chi connectivity index (χ1n) is 11.2. The van der Waals surface area contributed by atoms with E-state index in [0.717, 1.165) is 16.7 Å². The molecule has 35 heavy (non-hydrogen) atoms. The molecule has 4 N–H and O–H groups in total. The molecule has 1 aliphatic heterocycles. The van der Waals surface area contributed by atoms with E-state index >= 15 is 0 Å². The van der Waals surface area contributed by atoms with Gasteiger partial charge in [0.2, 0.25) is 5.91 Å². The Bertz CT molecular complexity index is 1370. The fourth-order valence-corrected chi connectivity index (χ4v) is 4.72. The number of carboxylic acids is 1. The minimum atomic E-state index is -1.07. The first-order chi connectivity index (χ1) is 16.6. The third kappa shape index (κ3) is 4.36. The Morgan fingerprint density at radius 2 is 1.80 bits per heavy atom. The van der Waals surface area contributed by atoms with Crippen molar-refractivity contribution in [2.75, 3.05) is 19.4 Å². The largest absolute Gasteiger partial charge is 0.478 e. The molecule has 4 rings (SSSR count). The van der Waals surface area contributed by atoms with Gasteiger partial charge in [0, 0.05) is 22.6 Å². The lowest BCUT2D eigenvalue weighted by Gasteiger charge is -2.28. The Balaban J connectivity index is 1.93. The zero-order valence-electron chi connectivity index (χ0n) is 20.1. The monoisotopic (exact) mass is 472 g/mol. The number of carbonyl (C=O) groups is 3. The molecule has 0 bridgehead atoms. The molecule has 2 aromatic carbocycles. The normalized spacial score (nSPS) is 14.8. The van der Waals surface area contributed by atoms with Gasteiger partial charge in [-0.3, -0.25) is 14.5 Å². The van der Waals surface area contributed by atoms with Crippen molar-refractivity contribution < 1.29 is 19.5 Å². The zero-order valence-corrected chi connectivity index (χ0v) is 20.1. The average Bonchev–Trinajstić information content (AvgIpc) is 3.24. The molecular weight excluding hydrogens is 444 g/mol. The molecule has 180 valence electrons. The van der Waals surface area contributed by atoms with E-state index in [2.05, 4.69) is 5.32 Å². The van der Waals surface area contributed by atoms with E-state index in [0.29, 0.717) is 28.2 Å². The second-order valence-corrected chi connectivity index (χ2v) is 8.90. The molecule has 0 spiro atoms. The number of amides is 2. The van der Waals surface area contributed by atoms with Crippen molar-refractivity contribution in [2.24, 2.45) is 5.73 Å². The van der Waals surface area contributed by atoms with Crippen LogP contribution in [0.5, 0.6) is 0 Å². The van der Waals surface area contributed by atoms with Crippen molar-refractivity contribution in [3.8, 4) is 11.1 Å². The highest BCUT2D eigenvalue weighted by molar-refractivity contribution is 6.35. The first kappa shape index (κ1) is 24.0. The number of nitrogens with zero attached hydrogens (tertiary/aromatic N) is 2. The number of fused-ring (bicyclic) bond motifs is 1. The van der Waals surface area contributed by atoms with Crippen LogP contribution in [0.4, 0.5) is 5.69 Å². The predicted octanol–water partition coefficient (Wildman–Crippen LogP) is 3.90. The number of hydrogen-bond acceptors (Lipinski definition) is 4. The molecule has 0 radical (unpaired) electrons. The summed E-state index contributed by atoms with van der Waals surface area (Å²) in [5, 5.41) is 12.8. The Labute approximate surface area is 203 Å². The topological polar surface area (TPSA) is 118 Å². The molecule has 0 aliphatic carbocycles. The van der Waals surface area contributed by atoms with E-state index in [1.165, 1.54) is 0 Å². The number of primary amides is 1. The van der Waals surface area contributed by atoms with Crippen LogP contribution < -0.4 is 11.1 Å². The number of nitrogens with two attached hydrogens (primary N) is 1. The van der Waals surface area contributed by atoms with Crippen LogP contribution in [-0.4, -0.2) is 46.5 Å². The number of carbonyl (C=O) groups excluding carboxylic acids is 2. The van der Waals surface area contributed by atoms with E-state index in [1.807, 2.05) is 48.5 Å². The number of anilines is 1. The number of nitrogens with one attached hydrogen (secondary N) is 1. The molecule has 1 aromatic heterocycles. The average molecular weight is 473 g/mol. The number of rotatable bonds is 7. The Morgan fingerprint density at radius 3 is 2.40 bits per heavy atom. The highest BCUT2D eigenvalue weighted by Gasteiger charge is 2.30. The summed E-state index contributed by atoms with van der Waals surface area (Å²) in [6.45, 7) is 3.41. The van der Waals surface area contributed by atoms with Crippen molar-refractivity contribution >= 4 is 35.1 Å². The zero-order chi connectivity index (χ0) is 25.4. The van der Waals surface area contributed by atoms with Gasteiger partial charge < -0.3 is 20.7 Å². The molecule has 2 heterocycles. The molecule has 2 amide bonds. The van der Waals surface area contributed by atoms with Gasteiger partial charge in [0.15, 0.2) is 0 Å². The summed E-state index contributed by atoms with van der Waals surface area (Å²) in [5.74, 6) is -1.86. The van der Waals surface area contributed by atoms with Gasteiger partial charge in [-0.1, -0.05) is 36.4 Å². The van der Waals surface area contributed by atoms with Crippen molar-refractivity contribution in [3.63, 3.8) is 0 Å². The second kappa shape index (κ2) is 9.23. The van der Waals surface area contributed by atoms with E-state index in [1.54, 1.807) is 43.5 Å². The van der Waals surface area contributed by atoms with Gasteiger partial charge in [-0.25, -0.2) is 4.79 Å². The summed E-state index contributed by atoms with van der Waals surface area (Å²) in [5.41, 5.74) is 11.0. The summed E-state index contributed by atoms with van der Waals surface area (Å²) >= 11 is 0. The number of benzene rings is 2. The van der Waals surface area contributed by atoms with E-state index in [9.17, 15) is 19.5 Å². The van der Waals surface area contributed by atoms with Crippen molar-refractivity contribution in [1.29, 1.82) is 0 Å². The second-order valence-electron chi connectivity index (χ2n) is 8.90. The molecule has 8 nitrogen and oxygen atoms in total. The fraction of sp³-hybridized carbons (Fsp3) is 0.222. The summed E-state index contributed by atoms with van der Waals surface area (Å²) < 4.78 is 1.78. The summed E-state index contributed by atoms with van der Waals surface area (Å²) in [6, 6.07) is 15.6. The summed E-state index contributed by atoms with van der Waals surface area (Å²) in [4.78, 5) is 38.8. The number of aromatic nitrogens is 1. The molecule has 1 unspecified atom stereocenters. The maximum atomic E-state index is 13.0. The number of aromatic carboxylic acids is 1. The van der Waals surface area contributed by atoms with Crippen LogP contribution in [0.1, 0.15) is 45.5 Å². The van der Waals surface area contributed by atoms with Gasteiger partial charge in [-0.2, -0.15) is 0 Å². The Morgan fingerprint density at radius 1 is 1.11 bits per heavy atom. The molecule has 8 heteroatoms. The van der Waals surface area contributed by atoms with Gasteiger partial charge in [0.1, 0.15) is 0 Å². The maximum Gasteiger partial charge on any atom is 0.337 e. The lowest BCUT2D eigenvalue weighted by atomic mass is 9.98. The Kier molecular flexibility index (Phi) is 6.32. The molecule has 0 saturated heterocycles. The quantitative estimate of drug-likeness (QED) is 0.451. The van der Waals surface area contributed by atoms with Crippen LogP contribution in [0, 0.1) is 13.8 Å². The van der Waals surface area contributed by atoms with E-state index < -0.39 is 18.0 Å². The van der Waals surface area contributed by atoms with Crippen molar-refractivity contribution in [2.45, 2.75) is 26.4 Å². The van der Waals surface area contributed by atoms with Crippen LogP contribution in [0.2, 0.25) is 0 Å². The third-order valence-electron chi connectivity index (χ3n) is 6.42. The highest BCUT2D eigenvalue weighted by Crippen LogP contribution is 2.38. The van der Waals surface area contributed by atoms with Gasteiger partial charge in [0.25, 0.3) is 5.91 Å². The van der Waals surface area contributed by atoms with E-state index in [4.69, 9.17) is 5.73 Å². The molecule has 0 fully saturated rings. The van der Waals surface area contributed by atoms with Crippen LogP contribution in [0.25, 0.3) is 22.8 Å². The maximum absolute atomic E-state index is 13.0. The lowest BCUT2D eigenvalue weighted by Crippen LogP contribution is -2.31. The van der Waals surface area contributed by atoms with Gasteiger partial charge >= 0.3 is 5.97 Å². The minimum Gasteiger partial charge on any atom is -0.478 e. The predicted molar refractivity (Wildman–Crippen MR) is 136 cm³/mol. The standard InChI is InChI=1S/C27H28N4O4/c1-15-22(31(16(2)25(15)27(34)35)24(30(3)4)14-23(28)32)13-20-19-12-18(17-8-6-5-7-9-17)10-11-21(19)29-26(20)33/h5-13,24H,14H2,1-4H3,(H2,28,32)(H,29,33)(H,34,35). The molecule has 1 atom stereocenters. The highest BCUT2D eigenvalue weighted by atomic mass is 16.4. The van der Waals surface area contributed by atoms with Gasteiger partial charge in [-0.05, 0) is 62.8 Å². The number of hydrogen-bond donors (Lipinski definition) is 3. The van der Waals surface area contributed by atoms with Crippen molar-refractivity contribution in [1.82, 2.24) is 9.47 Å². The van der Waals surface area contributed by atoms with E-state index in [-0.39, 0.29) is 17.9 Å². The lowest BCUT2D eigenvalue weighted by molar-refractivity contribution is -0.119. The molecule has 0 saturated carbocycles. The molecular formula is C27H28N4O4. The minimum absolute atomic E-state index is 0.0157. The smallest absolute Gasteiger partial charge is 0.337 e. The van der Waals surface area contributed by atoms with Gasteiger partial charge in [-0.15, -0.1) is 0 Å². The fourth-order valence-electron chi connectivity index (χ4n) is 4.72. The number of carboxylic acid groups (broad SMARTS) is 1. The van der Waals surface area contributed by atoms with Crippen LogP contribution in [0.15, 0.2) is 48.5 Å². The third-order valence-corrected chi connectivity index (χ3v) is 6.42. The first-order valence-corrected chi connectivity index (χ1v) is 11.2. The van der Waals surface area contributed by atoms with Crippen LogP contribution in [-0.2, 0) is 9.59 Å². The van der Waals surface area contributed by atoms with Crippen LogP contribution in [0.3, 0.4) is 0 Å². The summed E-state index contributed by atoms with van der Waals surface area (Å²) in [7, 11) is 3.59. The van der Waals surface area contributed by atoms with Crippen LogP contribution >= 0.6 is 0 Å².